The second-order valence-corrected chi connectivity index (χ2v) is 5.95. The van der Waals surface area contributed by atoms with E-state index in [0.717, 1.165) is 5.75 Å². The largest absolute Gasteiger partial charge is 0.493 e. The molecule has 5 heteroatoms. The van der Waals surface area contributed by atoms with Gasteiger partial charge in [-0.25, -0.2) is 0 Å². The van der Waals surface area contributed by atoms with E-state index in [1.165, 1.54) is 6.92 Å². The van der Waals surface area contributed by atoms with E-state index in [1.54, 1.807) is 48.5 Å². The van der Waals surface area contributed by atoms with Crippen LogP contribution in [-0.4, -0.2) is 18.4 Å². The minimum absolute atomic E-state index is 0.157. The van der Waals surface area contributed by atoms with Crippen LogP contribution in [0.25, 0.3) is 0 Å². The van der Waals surface area contributed by atoms with Crippen molar-refractivity contribution >= 4 is 23.2 Å². The molecule has 0 unspecified atom stereocenters. The summed E-state index contributed by atoms with van der Waals surface area (Å²) in [5.74, 6) is 0.817. The lowest BCUT2D eigenvalue weighted by Gasteiger charge is -2.10. The Morgan fingerprint density at radius 2 is 1.62 bits per heavy atom. The summed E-state index contributed by atoms with van der Waals surface area (Å²) in [4.78, 5) is 23.4. The van der Waals surface area contributed by atoms with Gasteiger partial charge in [0.15, 0.2) is 0 Å². The highest BCUT2D eigenvalue weighted by Gasteiger charge is 2.07. The van der Waals surface area contributed by atoms with Gasteiger partial charge < -0.3 is 15.4 Å². The molecular formula is C19H22N2O3. The lowest BCUT2D eigenvalue weighted by Crippen LogP contribution is -2.12. The number of nitrogens with one attached hydrogen (secondary N) is 2. The van der Waals surface area contributed by atoms with E-state index in [0.29, 0.717) is 29.5 Å². The van der Waals surface area contributed by atoms with Crippen molar-refractivity contribution in [3.63, 3.8) is 0 Å². The summed E-state index contributed by atoms with van der Waals surface area (Å²) in [6, 6.07) is 14.0. The van der Waals surface area contributed by atoms with Crippen molar-refractivity contribution in [2.45, 2.75) is 20.8 Å². The average Bonchev–Trinajstić information content (AvgIpc) is 2.53. The quantitative estimate of drug-likeness (QED) is 0.845. The first-order chi connectivity index (χ1) is 11.4. The molecule has 24 heavy (non-hydrogen) atoms. The second kappa shape index (κ2) is 8.15. The van der Waals surface area contributed by atoms with Crippen LogP contribution in [0.5, 0.6) is 5.75 Å². The van der Waals surface area contributed by atoms with E-state index in [-0.39, 0.29) is 11.8 Å². The van der Waals surface area contributed by atoms with E-state index in [2.05, 4.69) is 24.5 Å². The number of rotatable bonds is 6. The number of hydrogen-bond acceptors (Lipinski definition) is 3. The fraction of sp³-hybridized carbons (Fsp3) is 0.263. The third-order valence-electron chi connectivity index (χ3n) is 3.14. The van der Waals surface area contributed by atoms with Crippen molar-refractivity contribution in [2.75, 3.05) is 17.2 Å². The van der Waals surface area contributed by atoms with Gasteiger partial charge in [0, 0.05) is 23.9 Å². The first-order valence-corrected chi connectivity index (χ1v) is 7.86. The Labute approximate surface area is 142 Å². The number of benzene rings is 2. The molecule has 0 saturated carbocycles. The third kappa shape index (κ3) is 5.43. The Hall–Kier alpha value is -2.82. The van der Waals surface area contributed by atoms with Crippen LogP contribution in [0.1, 0.15) is 31.1 Å². The minimum Gasteiger partial charge on any atom is -0.493 e. The van der Waals surface area contributed by atoms with Crippen LogP contribution >= 0.6 is 0 Å². The second-order valence-electron chi connectivity index (χ2n) is 5.95. The topological polar surface area (TPSA) is 67.4 Å². The monoisotopic (exact) mass is 326 g/mol. The molecule has 0 atom stereocenters. The van der Waals surface area contributed by atoms with Gasteiger partial charge in [0.25, 0.3) is 5.91 Å². The lowest BCUT2D eigenvalue weighted by molar-refractivity contribution is -0.114. The Morgan fingerprint density at radius 3 is 2.21 bits per heavy atom. The molecule has 0 fully saturated rings. The maximum Gasteiger partial charge on any atom is 0.255 e. The zero-order valence-electron chi connectivity index (χ0n) is 14.1. The van der Waals surface area contributed by atoms with Gasteiger partial charge in [-0.15, -0.1) is 0 Å². The van der Waals surface area contributed by atoms with Gasteiger partial charge in [0.05, 0.1) is 6.61 Å². The first kappa shape index (κ1) is 17.5. The number of anilines is 2. The molecule has 0 radical (unpaired) electrons. The van der Waals surface area contributed by atoms with Gasteiger partial charge in [0.1, 0.15) is 5.75 Å². The molecule has 126 valence electrons. The van der Waals surface area contributed by atoms with E-state index in [4.69, 9.17) is 4.74 Å². The normalized spacial score (nSPS) is 10.3. The third-order valence-corrected chi connectivity index (χ3v) is 3.14. The van der Waals surface area contributed by atoms with E-state index < -0.39 is 0 Å². The van der Waals surface area contributed by atoms with E-state index in [1.807, 2.05) is 0 Å². The summed E-state index contributed by atoms with van der Waals surface area (Å²) in [6.07, 6.45) is 0. The smallest absolute Gasteiger partial charge is 0.255 e. The highest BCUT2D eigenvalue weighted by Crippen LogP contribution is 2.18. The molecule has 2 aromatic carbocycles. The van der Waals surface area contributed by atoms with E-state index >= 15 is 0 Å². The van der Waals surface area contributed by atoms with Gasteiger partial charge in [-0.05, 0) is 48.4 Å². The van der Waals surface area contributed by atoms with Crippen LogP contribution in [0.4, 0.5) is 11.4 Å². The molecule has 0 aliphatic rings. The van der Waals surface area contributed by atoms with Crippen molar-refractivity contribution in [3.8, 4) is 5.75 Å². The Balaban J connectivity index is 2.00. The van der Waals surface area contributed by atoms with Crippen molar-refractivity contribution < 1.29 is 14.3 Å². The number of hydrogen-bond donors (Lipinski definition) is 2. The zero-order valence-corrected chi connectivity index (χ0v) is 14.1. The number of carbonyl (C=O) groups is 2. The molecule has 0 heterocycles. The molecular weight excluding hydrogens is 304 g/mol. The van der Waals surface area contributed by atoms with Crippen LogP contribution in [0, 0.1) is 5.92 Å². The summed E-state index contributed by atoms with van der Waals surface area (Å²) in [5, 5.41) is 5.49. The molecule has 0 saturated heterocycles. The van der Waals surface area contributed by atoms with Gasteiger partial charge >= 0.3 is 0 Å². The van der Waals surface area contributed by atoms with Crippen LogP contribution in [0.15, 0.2) is 48.5 Å². The number of carbonyl (C=O) groups excluding carboxylic acids is 2. The highest BCUT2D eigenvalue weighted by molar-refractivity contribution is 6.04. The fourth-order valence-corrected chi connectivity index (χ4v) is 2.05. The van der Waals surface area contributed by atoms with Gasteiger partial charge in [0.2, 0.25) is 5.91 Å². The molecule has 0 aliphatic carbocycles. The van der Waals surface area contributed by atoms with Crippen LogP contribution in [0.2, 0.25) is 0 Å². The molecule has 2 amide bonds. The van der Waals surface area contributed by atoms with Crippen molar-refractivity contribution in [1.82, 2.24) is 0 Å². The Bertz CT molecular complexity index is 709. The summed E-state index contributed by atoms with van der Waals surface area (Å²) in [6.45, 7) is 6.24. The predicted molar refractivity (Wildman–Crippen MR) is 95.5 cm³/mol. The van der Waals surface area contributed by atoms with Crippen molar-refractivity contribution in [3.05, 3.63) is 54.1 Å². The molecule has 2 rings (SSSR count). The Kier molecular flexibility index (Phi) is 5.95. The summed E-state index contributed by atoms with van der Waals surface area (Å²) < 4.78 is 5.60. The lowest BCUT2D eigenvalue weighted by atomic mass is 10.2. The molecule has 0 spiro atoms. The number of ether oxygens (including phenoxy) is 1. The molecule has 0 aliphatic heterocycles. The predicted octanol–water partition coefficient (Wildman–Crippen LogP) is 3.93. The fourth-order valence-electron chi connectivity index (χ4n) is 2.05. The maximum atomic E-state index is 12.3. The van der Waals surface area contributed by atoms with E-state index in [9.17, 15) is 9.59 Å². The Morgan fingerprint density at radius 1 is 1.00 bits per heavy atom. The van der Waals surface area contributed by atoms with Crippen molar-refractivity contribution in [2.24, 2.45) is 5.92 Å². The molecule has 2 N–H and O–H groups in total. The number of amides is 2. The van der Waals surface area contributed by atoms with Crippen LogP contribution < -0.4 is 15.4 Å². The minimum atomic E-state index is -0.217. The van der Waals surface area contributed by atoms with Crippen LogP contribution in [-0.2, 0) is 4.79 Å². The van der Waals surface area contributed by atoms with Crippen LogP contribution in [0.3, 0.4) is 0 Å². The summed E-state index contributed by atoms with van der Waals surface area (Å²) in [5.41, 5.74) is 1.79. The SMILES string of the molecule is CC(=O)Nc1cccc(NC(=O)c2ccc(OCC(C)C)cc2)c1. The zero-order chi connectivity index (χ0) is 17.5. The van der Waals surface area contributed by atoms with Crippen molar-refractivity contribution in [1.29, 1.82) is 0 Å². The molecule has 2 aromatic rings. The molecule has 0 bridgehead atoms. The maximum absolute atomic E-state index is 12.3. The molecule has 5 nitrogen and oxygen atoms in total. The average molecular weight is 326 g/mol. The summed E-state index contributed by atoms with van der Waals surface area (Å²) in [7, 11) is 0. The standard InChI is InChI=1S/C19H22N2O3/c1-13(2)12-24-18-9-7-15(8-10-18)19(23)21-17-6-4-5-16(11-17)20-14(3)22/h4-11,13H,12H2,1-3H3,(H,20,22)(H,21,23). The molecule has 0 aromatic heterocycles. The van der Waals surface area contributed by atoms with Gasteiger partial charge in [-0.1, -0.05) is 19.9 Å². The highest BCUT2D eigenvalue weighted by atomic mass is 16.5. The van der Waals surface area contributed by atoms with Gasteiger partial charge in [-0.3, -0.25) is 9.59 Å². The summed E-state index contributed by atoms with van der Waals surface area (Å²) >= 11 is 0. The van der Waals surface area contributed by atoms with Gasteiger partial charge in [-0.2, -0.15) is 0 Å². The first-order valence-electron chi connectivity index (χ1n) is 7.86.